The van der Waals surface area contributed by atoms with E-state index < -0.39 is 23.4 Å². The number of amides is 1. The van der Waals surface area contributed by atoms with Gasteiger partial charge in [-0.05, 0) is 44.2 Å². The van der Waals surface area contributed by atoms with E-state index in [1.165, 1.54) is 12.1 Å². The Morgan fingerprint density at radius 2 is 2.07 bits per heavy atom. The summed E-state index contributed by atoms with van der Waals surface area (Å²) in [5.41, 5.74) is 0.216. The summed E-state index contributed by atoms with van der Waals surface area (Å²) in [5, 5.41) is 14.4. The zero-order valence-corrected chi connectivity index (χ0v) is 16.0. The summed E-state index contributed by atoms with van der Waals surface area (Å²) in [7, 11) is 0. The number of aliphatic hydroxyl groups is 1. The molecule has 2 aromatic heterocycles. The predicted molar refractivity (Wildman–Crippen MR) is 107 cm³/mol. The first-order valence-corrected chi connectivity index (χ1v) is 9.18. The van der Waals surface area contributed by atoms with E-state index in [4.69, 9.17) is 9.15 Å². The summed E-state index contributed by atoms with van der Waals surface area (Å²) in [4.78, 5) is 28.2. The Kier molecular flexibility index (Phi) is 4.68. The molecule has 148 valence electrons. The Labute approximate surface area is 166 Å². The standard InChI is InChI=1S/C22H20N2O5/c1-22(2)21(27)20(24-18(25)8-7-14-5-3-4-10-23-14)15-11-13-6-9-19(26)28-16(13)12-17(15)29-22/h3-12,20-21,27H,1-2H3,(H,24,25)/b8-7+/t20-,21+/m1/s1. The van der Waals surface area contributed by atoms with Gasteiger partial charge in [0.1, 0.15) is 23.0 Å². The van der Waals surface area contributed by atoms with Gasteiger partial charge in [0, 0.05) is 35.4 Å². The van der Waals surface area contributed by atoms with E-state index in [-0.39, 0.29) is 5.91 Å². The van der Waals surface area contributed by atoms with E-state index in [1.54, 1.807) is 56.5 Å². The molecule has 2 N–H and O–H groups in total. The third-order valence-corrected chi connectivity index (χ3v) is 4.88. The zero-order valence-electron chi connectivity index (χ0n) is 16.0. The van der Waals surface area contributed by atoms with Gasteiger partial charge in [-0.3, -0.25) is 9.78 Å². The van der Waals surface area contributed by atoms with Crippen molar-refractivity contribution in [1.29, 1.82) is 0 Å². The maximum absolute atomic E-state index is 12.5. The minimum Gasteiger partial charge on any atom is -0.485 e. The third-order valence-electron chi connectivity index (χ3n) is 4.88. The van der Waals surface area contributed by atoms with E-state index in [0.29, 0.717) is 28.0 Å². The largest absolute Gasteiger partial charge is 0.485 e. The van der Waals surface area contributed by atoms with Gasteiger partial charge in [-0.2, -0.15) is 0 Å². The molecule has 1 aromatic carbocycles. The number of aromatic nitrogens is 1. The van der Waals surface area contributed by atoms with Crippen LogP contribution < -0.4 is 15.7 Å². The van der Waals surface area contributed by atoms with Crippen LogP contribution in [0.3, 0.4) is 0 Å². The predicted octanol–water partition coefficient (Wildman–Crippen LogP) is 2.59. The van der Waals surface area contributed by atoms with Gasteiger partial charge in [0.05, 0.1) is 11.7 Å². The molecule has 1 amide bonds. The summed E-state index contributed by atoms with van der Waals surface area (Å²) in [6.45, 7) is 3.46. The molecule has 0 saturated heterocycles. The SMILES string of the molecule is CC1(C)Oc2cc3oc(=O)ccc3cc2[C@@H](NC(=O)/C=C/c2ccccn2)[C@@H]1O. The maximum atomic E-state index is 12.5. The van der Waals surface area contributed by atoms with Crippen molar-refractivity contribution in [3.05, 3.63) is 76.4 Å². The Bertz CT molecular complexity index is 1150. The molecule has 7 nitrogen and oxygen atoms in total. The molecule has 0 aliphatic carbocycles. The Hall–Kier alpha value is -3.45. The topological polar surface area (TPSA) is 102 Å². The number of nitrogens with one attached hydrogen (secondary N) is 1. The van der Waals surface area contributed by atoms with Gasteiger partial charge in [0.25, 0.3) is 0 Å². The summed E-state index contributed by atoms with van der Waals surface area (Å²) >= 11 is 0. The maximum Gasteiger partial charge on any atom is 0.336 e. The number of rotatable bonds is 3. The molecule has 0 spiro atoms. The lowest BCUT2D eigenvalue weighted by molar-refractivity contribution is -0.121. The van der Waals surface area contributed by atoms with Gasteiger partial charge < -0.3 is 19.6 Å². The number of hydrogen-bond donors (Lipinski definition) is 2. The van der Waals surface area contributed by atoms with Crippen LogP contribution >= 0.6 is 0 Å². The molecule has 1 aliphatic heterocycles. The zero-order chi connectivity index (χ0) is 20.6. The van der Waals surface area contributed by atoms with Crippen molar-refractivity contribution in [2.45, 2.75) is 31.6 Å². The lowest BCUT2D eigenvalue weighted by atomic mass is 9.86. The molecule has 7 heteroatoms. The third kappa shape index (κ3) is 3.77. The average molecular weight is 392 g/mol. The number of hydrogen-bond acceptors (Lipinski definition) is 6. The summed E-state index contributed by atoms with van der Waals surface area (Å²) in [5.74, 6) is 0.0733. The van der Waals surface area contributed by atoms with Crippen LogP contribution in [0, 0.1) is 0 Å². The fraction of sp³-hybridized carbons (Fsp3) is 0.227. The minimum atomic E-state index is -0.990. The van der Waals surface area contributed by atoms with Crippen molar-refractivity contribution >= 4 is 23.0 Å². The normalized spacial score (nSPS) is 20.2. The lowest BCUT2D eigenvalue weighted by Crippen LogP contribution is -2.53. The monoisotopic (exact) mass is 392 g/mol. The molecule has 0 fully saturated rings. The smallest absolute Gasteiger partial charge is 0.336 e. The molecular formula is C22H20N2O5. The number of carbonyl (C=O) groups excluding carboxylic acids is 1. The summed E-state index contributed by atoms with van der Waals surface area (Å²) in [6, 6.07) is 11.0. The molecule has 2 atom stereocenters. The van der Waals surface area contributed by atoms with Gasteiger partial charge in [0.15, 0.2) is 0 Å². The number of benzene rings is 1. The van der Waals surface area contributed by atoms with Crippen LogP contribution in [0.4, 0.5) is 0 Å². The van der Waals surface area contributed by atoms with E-state index in [2.05, 4.69) is 10.3 Å². The molecular weight excluding hydrogens is 372 g/mol. The fourth-order valence-electron chi connectivity index (χ4n) is 3.35. The Morgan fingerprint density at radius 1 is 1.24 bits per heavy atom. The van der Waals surface area contributed by atoms with Crippen LogP contribution in [0.1, 0.15) is 31.1 Å². The average Bonchev–Trinajstić information content (AvgIpc) is 2.69. The molecule has 29 heavy (non-hydrogen) atoms. The lowest BCUT2D eigenvalue weighted by Gasteiger charge is -2.42. The van der Waals surface area contributed by atoms with E-state index in [0.717, 1.165) is 0 Å². The number of aliphatic hydroxyl groups excluding tert-OH is 1. The van der Waals surface area contributed by atoms with Gasteiger partial charge in [0.2, 0.25) is 5.91 Å². The fourth-order valence-corrected chi connectivity index (χ4v) is 3.35. The minimum absolute atomic E-state index is 0.372. The van der Waals surface area contributed by atoms with Crippen molar-refractivity contribution < 1.29 is 19.1 Å². The van der Waals surface area contributed by atoms with Gasteiger partial charge in [-0.25, -0.2) is 4.79 Å². The highest BCUT2D eigenvalue weighted by Crippen LogP contribution is 2.41. The van der Waals surface area contributed by atoms with Crippen LogP contribution in [0.5, 0.6) is 5.75 Å². The molecule has 0 saturated carbocycles. The number of nitrogens with zero attached hydrogens (tertiary/aromatic N) is 1. The quantitative estimate of drug-likeness (QED) is 0.525. The van der Waals surface area contributed by atoms with E-state index >= 15 is 0 Å². The van der Waals surface area contributed by atoms with Gasteiger partial charge in [-0.15, -0.1) is 0 Å². The second-order valence-corrected chi connectivity index (χ2v) is 7.41. The first-order valence-electron chi connectivity index (χ1n) is 9.18. The van der Waals surface area contributed by atoms with Crippen molar-refractivity contribution in [2.75, 3.05) is 0 Å². The van der Waals surface area contributed by atoms with Crippen LogP contribution in [0.25, 0.3) is 17.0 Å². The first-order chi connectivity index (χ1) is 13.8. The molecule has 4 rings (SSSR count). The number of fused-ring (bicyclic) bond motifs is 2. The van der Waals surface area contributed by atoms with Crippen molar-refractivity contribution in [1.82, 2.24) is 10.3 Å². The summed E-state index contributed by atoms with van der Waals surface area (Å²) < 4.78 is 11.2. The highest BCUT2D eigenvalue weighted by molar-refractivity contribution is 5.92. The highest BCUT2D eigenvalue weighted by atomic mass is 16.5. The van der Waals surface area contributed by atoms with Crippen molar-refractivity contribution in [3.8, 4) is 5.75 Å². The number of pyridine rings is 1. The molecule has 3 heterocycles. The van der Waals surface area contributed by atoms with Gasteiger partial charge in [-0.1, -0.05) is 6.07 Å². The Morgan fingerprint density at radius 3 is 2.83 bits per heavy atom. The summed E-state index contributed by atoms with van der Waals surface area (Å²) in [6.07, 6.45) is 3.62. The number of ether oxygens (including phenoxy) is 1. The van der Waals surface area contributed by atoms with Gasteiger partial charge >= 0.3 is 5.63 Å². The van der Waals surface area contributed by atoms with Crippen molar-refractivity contribution in [3.63, 3.8) is 0 Å². The first kappa shape index (κ1) is 18.9. The molecule has 1 aliphatic rings. The second-order valence-electron chi connectivity index (χ2n) is 7.41. The van der Waals surface area contributed by atoms with E-state index in [1.807, 2.05) is 6.07 Å². The molecule has 0 bridgehead atoms. The Balaban J connectivity index is 1.69. The molecule has 0 radical (unpaired) electrons. The number of carbonyl (C=O) groups is 1. The molecule has 3 aromatic rings. The molecule has 0 unspecified atom stereocenters. The second kappa shape index (κ2) is 7.18. The van der Waals surface area contributed by atoms with Crippen LogP contribution in [0.2, 0.25) is 0 Å². The van der Waals surface area contributed by atoms with Crippen LogP contribution in [-0.2, 0) is 4.79 Å². The highest BCUT2D eigenvalue weighted by Gasteiger charge is 2.43. The van der Waals surface area contributed by atoms with Crippen LogP contribution in [-0.4, -0.2) is 27.7 Å². The van der Waals surface area contributed by atoms with E-state index in [9.17, 15) is 14.7 Å². The van der Waals surface area contributed by atoms with Crippen molar-refractivity contribution in [2.24, 2.45) is 0 Å². The van der Waals surface area contributed by atoms with Crippen LogP contribution in [0.15, 0.2) is 63.9 Å².